The number of phenolic OH excluding ortho intramolecular Hbond substituents is 2. The Morgan fingerprint density at radius 3 is 2.43 bits per heavy atom. The molecule has 0 spiro atoms. The quantitative estimate of drug-likeness (QED) is 0.733. The number of hydrogen-bond acceptors (Lipinski definition) is 6. The molecule has 0 saturated carbocycles. The third kappa shape index (κ3) is 2.15. The summed E-state index contributed by atoms with van der Waals surface area (Å²) in [5.74, 6) is -3.81. The summed E-state index contributed by atoms with van der Waals surface area (Å²) in [5, 5.41) is 30.8. The van der Waals surface area contributed by atoms with Crippen molar-refractivity contribution in [3.05, 3.63) is 52.6 Å². The fourth-order valence-corrected chi connectivity index (χ4v) is 2.70. The van der Waals surface area contributed by atoms with Crippen LogP contribution >= 0.6 is 0 Å². The number of rotatable bonds is 2. The summed E-state index contributed by atoms with van der Waals surface area (Å²) in [6.07, 6.45) is -0.0926. The summed E-state index contributed by atoms with van der Waals surface area (Å²) in [6.45, 7) is 1.38. The Balaban J connectivity index is 2.24. The summed E-state index contributed by atoms with van der Waals surface area (Å²) in [4.78, 5) is 23.7. The van der Waals surface area contributed by atoms with Gasteiger partial charge in [-0.2, -0.15) is 0 Å². The number of aldehydes is 1. The van der Waals surface area contributed by atoms with Gasteiger partial charge in [-0.3, -0.25) is 9.59 Å². The molecule has 1 aliphatic heterocycles. The zero-order valence-corrected chi connectivity index (χ0v) is 12.2. The zero-order chi connectivity index (χ0) is 16.8. The highest BCUT2D eigenvalue weighted by Crippen LogP contribution is 2.48. The molecule has 6 heteroatoms. The number of carbonyl (C=O) groups is 2. The Kier molecular flexibility index (Phi) is 3.34. The number of ketones is 1. The predicted octanol–water partition coefficient (Wildman–Crippen LogP) is 2.03. The van der Waals surface area contributed by atoms with Gasteiger partial charge in [-0.15, -0.1) is 0 Å². The molecule has 0 saturated heterocycles. The maximum Gasteiger partial charge on any atom is 0.242 e. The standard InChI is InChI=1S/C17H14O6/c1-9-14(20)11(8-18)16-13(15(9)21)12(19)7-17(22,23-16)10-5-3-2-4-6-10/h2-6,8,20-22H,7H2,1H3/t17-/m0/s1. The minimum absolute atomic E-state index is 0.00736. The lowest BCUT2D eigenvalue weighted by Crippen LogP contribution is -2.39. The maximum absolute atomic E-state index is 12.4. The predicted molar refractivity (Wildman–Crippen MR) is 79.8 cm³/mol. The molecule has 0 fully saturated rings. The van der Waals surface area contributed by atoms with E-state index in [2.05, 4.69) is 0 Å². The normalized spacial score (nSPS) is 19.8. The molecular formula is C17H14O6. The average Bonchev–Trinajstić information content (AvgIpc) is 2.53. The van der Waals surface area contributed by atoms with Crippen molar-refractivity contribution < 1.29 is 29.6 Å². The monoisotopic (exact) mass is 314 g/mol. The second kappa shape index (κ2) is 5.10. The Morgan fingerprint density at radius 1 is 1.17 bits per heavy atom. The van der Waals surface area contributed by atoms with Crippen molar-refractivity contribution in [1.29, 1.82) is 0 Å². The first-order valence-electron chi connectivity index (χ1n) is 6.93. The summed E-state index contributed by atoms with van der Waals surface area (Å²) >= 11 is 0. The maximum atomic E-state index is 12.4. The van der Waals surface area contributed by atoms with Crippen molar-refractivity contribution in [2.75, 3.05) is 0 Å². The van der Waals surface area contributed by atoms with Gasteiger partial charge >= 0.3 is 0 Å². The molecule has 1 atom stereocenters. The van der Waals surface area contributed by atoms with E-state index in [1.807, 2.05) is 0 Å². The summed E-state index contributed by atoms with van der Waals surface area (Å²) < 4.78 is 5.50. The van der Waals surface area contributed by atoms with Gasteiger partial charge in [-0.25, -0.2) is 0 Å². The second-order valence-electron chi connectivity index (χ2n) is 5.41. The second-order valence-corrected chi connectivity index (χ2v) is 5.41. The van der Waals surface area contributed by atoms with Crippen LogP contribution in [0.3, 0.4) is 0 Å². The number of benzene rings is 2. The third-order valence-electron chi connectivity index (χ3n) is 3.97. The molecule has 0 radical (unpaired) electrons. The van der Waals surface area contributed by atoms with Crippen molar-refractivity contribution >= 4 is 12.1 Å². The highest BCUT2D eigenvalue weighted by Gasteiger charge is 2.44. The number of aliphatic hydroxyl groups is 1. The Hall–Kier alpha value is -2.86. The number of phenols is 2. The molecule has 0 aliphatic carbocycles. The van der Waals surface area contributed by atoms with Crippen molar-refractivity contribution in [1.82, 2.24) is 0 Å². The van der Waals surface area contributed by atoms with Crippen molar-refractivity contribution in [3.63, 3.8) is 0 Å². The zero-order valence-electron chi connectivity index (χ0n) is 12.2. The first kappa shape index (κ1) is 15.1. The molecule has 0 aromatic heterocycles. The van der Waals surface area contributed by atoms with Crippen LogP contribution in [-0.2, 0) is 5.79 Å². The molecule has 2 aromatic rings. The SMILES string of the molecule is Cc1c(O)c(C=O)c2c(c1O)C(=O)C[C@@](O)(c1ccccc1)O2. The van der Waals surface area contributed by atoms with Crippen LogP contribution < -0.4 is 4.74 Å². The van der Waals surface area contributed by atoms with Gasteiger partial charge in [0.1, 0.15) is 17.1 Å². The van der Waals surface area contributed by atoms with Gasteiger partial charge in [0.15, 0.2) is 17.8 Å². The average molecular weight is 314 g/mol. The minimum Gasteiger partial charge on any atom is -0.507 e. The molecule has 6 nitrogen and oxygen atoms in total. The third-order valence-corrected chi connectivity index (χ3v) is 3.97. The first-order chi connectivity index (χ1) is 10.9. The number of hydrogen-bond donors (Lipinski definition) is 3. The molecule has 3 N–H and O–H groups in total. The molecule has 2 aromatic carbocycles. The fourth-order valence-electron chi connectivity index (χ4n) is 2.70. The van der Waals surface area contributed by atoms with E-state index in [-0.39, 0.29) is 22.4 Å². The van der Waals surface area contributed by atoms with E-state index >= 15 is 0 Å². The largest absolute Gasteiger partial charge is 0.507 e. The van der Waals surface area contributed by atoms with Gasteiger partial charge in [-0.05, 0) is 6.92 Å². The Morgan fingerprint density at radius 2 is 1.83 bits per heavy atom. The Bertz CT molecular complexity index is 812. The van der Waals surface area contributed by atoms with E-state index in [1.54, 1.807) is 30.3 Å². The van der Waals surface area contributed by atoms with E-state index in [0.29, 0.717) is 11.8 Å². The lowest BCUT2D eigenvalue weighted by atomic mass is 9.89. The van der Waals surface area contributed by atoms with Crippen LogP contribution in [0.4, 0.5) is 0 Å². The van der Waals surface area contributed by atoms with E-state index in [0.717, 1.165) is 0 Å². The molecule has 1 aliphatic rings. The number of aromatic hydroxyl groups is 2. The highest BCUT2D eigenvalue weighted by molar-refractivity contribution is 6.06. The van der Waals surface area contributed by atoms with E-state index in [9.17, 15) is 24.9 Å². The van der Waals surface area contributed by atoms with E-state index in [1.165, 1.54) is 6.92 Å². The molecule has 0 amide bonds. The van der Waals surface area contributed by atoms with Crippen LogP contribution in [0, 0.1) is 6.92 Å². The van der Waals surface area contributed by atoms with Gasteiger partial charge in [0, 0.05) is 11.1 Å². The molecule has 3 rings (SSSR count). The van der Waals surface area contributed by atoms with Gasteiger partial charge in [0.2, 0.25) is 5.79 Å². The highest BCUT2D eigenvalue weighted by atomic mass is 16.6. The smallest absolute Gasteiger partial charge is 0.242 e. The molecule has 23 heavy (non-hydrogen) atoms. The van der Waals surface area contributed by atoms with Crippen molar-refractivity contribution in [2.45, 2.75) is 19.1 Å². The lowest BCUT2D eigenvalue weighted by molar-refractivity contribution is -0.147. The lowest BCUT2D eigenvalue weighted by Gasteiger charge is -2.34. The van der Waals surface area contributed by atoms with Crippen LogP contribution in [-0.4, -0.2) is 27.4 Å². The number of carbonyl (C=O) groups excluding carboxylic acids is 2. The molecular weight excluding hydrogens is 300 g/mol. The minimum atomic E-state index is -1.97. The topological polar surface area (TPSA) is 104 Å². The van der Waals surface area contributed by atoms with Crippen LogP contribution in [0.1, 0.15) is 38.3 Å². The summed E-state index contributed by atoms with van der Waals surface area (Å²) in [6, 6.07) is 8.23. The van der Waals surface area contributed by atoms with E-state index in [4.69, 9.17) is 4.74 Å². The summed E-state index contributed by atoms with van der Waals surface area (Å²) in [7, 11) is 0. The van der Waals surface area contributed by atoms with Crippen molar-refractivity contribution in [3.8, 4) is 17.2 Å². The van der Waals surface area contributed by atoms with Crippen molar-refractivity contribution in [2.24, 2.45) is 0 Å². The molecule has 0 unspecified atom stereocenters. The fraction of sp³-hybridized carbons (Fsp3) is 0.176. The molecule has 0 bridgehead atoms. The van der Waals surface area contributed by atoms with Gasteiger partial charge in [-0.1, -0.05) is 30.3 Å². The molecule has 1 heterocycles. The number of fused-ring (bicyclic) bond motifs is 1. The van der Waals surface area contributed by atoms with Crippen LogP contribution in [0.2, 0.25) is 0 Å². The van der Waals surface area contributed by atoms with E-state index < -0.39 is 29.5 Å². The number of ether oxygens (including phenoxy) is 1. The van der Waals surface area contributed by atoms with Crippen LogP contribution in [0.15, 0.2) is 30.3 Å². The number of Topliss-reactive ketones (excluding diaryl/α,β-unsaturated/α-hetero) is 1. The van der Waals surface area contributed by atoms with Gasteiger partial charge in [0.05, 0.1) is 12.0 Å². The van der Waals surface area contributed by atoms with Crippen LogP contribution in [0.25, 0.3) is 0 Å². The Labute approximate surface area is 131 Å². The first-order valence-corrected chi connectivity index (χ1v) is 6.93. The van der Waals surface area contributed by atoms with Gasteiger partial charge < -0.3 is 20.1 Å². The van der Waals surface area contributed by atoms with Crippen LogP contribution in [0.5, 0.6) is 17.2 Å². The van der Waals surface area contributed by atoms with Gasteiger partial charge in [0.25, 0.3) is 0 Å². The summed E-state index contributed by atoms with van der Waals surface area (Å²) in [5.41, 5.74) is -0.149. The molecule has 118 valence electrons.